The van der Waals surface area contributed by atoms with Crippen LogP contribution in [0.15, 0.2) is 36.4 Å². The molecule has 3 nitrogen and oxygen atoms in total. The number of fused-ring (bicyclic) bond motifs is 2. The van der Waals surface area contributed by atoms with Gasteiger partial charge in [0.05, 0.1) is 0 Å². The summed E-state index contributed by atoms with van der Waals surface area (Å²) >= 11 is 0. The van der Waals surface area contributed by atoms with Gasteiger partial charge < -0.3 is 14.8 Å². The monoisotopic (exact) mass is 285 g/mol. The maximum Gasteiger partial charge on any atom is 0.231 e. The SMILES string of the molecule is Fc1cccc(CC2NCCc3cc4c(cc32)OCO4)c1. The Morgan fingerprint density at radius 3 is 2.86 bits per heavy atom. The molecule has 2 aromatic carbocycles. The van der Waals surface area contributed by atoms with E-state index in [0.29, 0.717) is 6.79 Å². The van der Waals surface area contributed by atoms with Crippen molar-refractivity contribution in [1.29, 1.82) is 0 Å². The third-order valence-corrected chi connectivity index (χ3v) is 4.12. The van der Waals surface area contributed by atoms with E-state index in [1.54, 1.807) is 12.1 Å². The average molecular weight is 285 g/mol. The molecule has 2 aliphatic rings. The van der Waals surface area contributed by atoms with E-state index in [4.69, 9.17) is 9.47 Å². The second kappa shape index (κ2) is 5.04. The van der Waals surface area contributed by atoms with Crippen LogP contribution in [0.5, 0.6) is 11.5 Å². The fraction of sp³-hybridized carbons (Fsp3) is 0.294. The van der Waals surface area contributed by atoms with Crippen LogP contribution in [0, 0.1) is 5.82 Å². The van der Waals surface area contributed by atoms with Crippen LogP contribution in [-0.2, 0) is 12.8 Å². The van der Waals surface area contributed by atoms with E-state index in [1.807, 2.05) is 6.07 Å². The van der Waals surface area contributed by atoms with Crippen molar-refractivity contribution in [3.05, 3.63) is 58.9 Å². The quantitative estimate of drug-likeness (QED) is 0.920. The van der Waals surface area contributed by atoms with Crippen molar-refractivity contribution in [2.45, 2.75) is 18.9 Å². The lowest BCUT2D eigenvalue weighted by molar-refractivity contribution is 0.174. The third-order valence-electron chi connectivity index (χ3n) is 4.12. The first-order chi connectivity index (χ1) is 10.3. The molecule has 0 aliphatic carbocycles. The molecule has 4 heteroatoms. The number of rotatable bonds is 2. The second-order valence-corrected chi connectivity index (χ2v) is 5.50. The standard InChI is InChI=1S/C17H16FNO2/c18-13-3-1-2-11(6-13)7-15-14-9-17-16(20-10-21-17)8-12(14)4-5-19-15/h1-3,6,8-9,15,19H,4-5,7,10H2. The van der Waals surface area contributed by atoms with E-state index in [-0.39, 0.29) is 11.9 Å². The van der Waals surface area contributed by atoms with E-state index in [0.717, 1.165) is 36.4 Å². The predicted molar refractivity (Wildman–Crippen MR) is 77.1 cm³/mol. The Balaban J connectivity index is 1.67. The van der Waals surface area contributed by atoms with E-state index in [1.165, 1.54) is 17.2 Å². The van der Waals surface area contributed by atoms with Crippen LogP contribution in [0.1, 0.15) is 22.7 Å². The summed E-state index contributed by atoms with van der Waals surface area (Å²) in [5, 5.41) is 3.52. The fourth-order valence-corrected chi connectivity index (χ4v) is 3.11. The van der Waals surface area contributed by atoms with Gasteiger partial charge in [-0.2, -0.15) is 0 Å². The summed E-state index contributed by atoms with van der Waals surface area (Å²) in [7, 11) is 0. The lowest BCUT2D eigenvalue weighted by atomic mass is 9.90. The highest BCUT2D eigenvalue weighted by atomic mass is 19.1. The van der Waals surface area contributed by atoms with Crippen LogP contribution in [0.2, 0.25) is 0 Å². The second-order valence-electron chi connectivity index (χ2n) is 5.50. The van der Waals surface area contributed by atoms with Gasteiger partial charge in [0.2, 0.25) is 6.79 Å². The van der Waals surface area contributed by atoms with E-state index >= 15 is 0 Å². The summed E-state index contributed by atoms with van der Waals surface area (Å²) in [5.74, 6) is 1.45. The van der Waals surface area contributed by atoms with E-state index < -0.39 is 0 Å². The molecule has 0 amide bonds. The van der Waals surface area contributed by atoms with Gasteiger partial charge in [-0.15, -0.1) is 0 Å². The fourth-order valence-electron chi connectivity index (χ4n) is 3.11. The molecule has 0 radical (unpaired) electrons. The van der Waals surface area contributed by atoms with Gasteiger partial charge >= 0.3 is 0 Å². The molecule has 0 bridgehead atoms. The molecule has 4 rings (SSSR count). The van der Waals surface area contributed by atoms with Gasteiger partial charge in [0.25, 0.3) is 0 Å². The molecule has 1 unspecified atom stereocenters. The number of benzene rings is 2. The molecule has 2 heterocycles. The topological polar surface area (TPSA) is 30.5 Å². The highest BCUT2D eigenvalue weighted by molar-refractivity contribution is 5.50. The third kappa shape index (κ3) is 2.36. The molecular weight excluding hydrogens is 269 g/mol. The Bertz CT molecular complexity index is 686. The molecule has 0 fully saturated rings. The zero-order valence-electron chi connectivity index (χ0n) is 11.6. The number of nitrogens with one attached hydrogen (secondary N) is 1. The molecule has 0 saturated carbocycles. The Labute approximate surface area is 122 Å². The Hall–Kier alpha value is -2.07. The summed E-state index contributed by atoms with van der Waals surface area (Å²) in [6.45, 7) is 1.22. The van der Waals surface area contributed by atoms with Gasteiger partial charge in [-0.25, -0.2) is 4.39 Å². The minimum Gasteiger partial charge on any atom is -0.454 e. The van der Waals surface area contributed by atoms with Gasteiger partial charge in [-0.1, -0.05) is 12.1 Å². The summed E-state index contributed by atoms with van der Waals surface area (Å²) in [4.78, 5) is 0. The average Bonchev–Trinajstić information content (AvgIpc) is 2.93. The van der Waals surface area contributed by atoms with Crippen LogP contribution in [0.25, 0.3) is 0 Å². The first kappa shape index (κ1) is 12.7. The van der Waals surface area contributed by atoms with Crippen molar-refractivity contribution < 1.29 is 13.9 Å². The Kier molecular flexibility index (Phi) is 3.04. The van der Waals surface area contributed by atoms with Crippen LogP contribution < -0.4 is 14.8 Å². The maximum absolute atomic E-state index is 13.3. The molecule has 1 atom stereocenters. The first-order valence-electron chi connectivity index (χ1n) is 7.20. The molecule has 1 N–H and O–H groups in total. The van der Waals surface area contributed by atoms with Crippen molar-refractivity contribution in [3.8, 4) is 11.5 Å². The molecule has 0 aromatic heterocycles. The first-order valence-corrected chi connectivity index (χ1v) is 7.20. The van der Waals surface area contributed by atoms with Crippen LogP contribution in [-0.4, -0.2) is 13.3 Å². The van der Waals surface area contributed by atoms with E-state index in [9.17, 15) is 4.39 Å². The van der Waals surface area contributed by atoms with Crippen LogP contribution in [0.4, 0.5) is 4.39 Å². The van der Waals surface area contributed by atoms with Crippen molar-refractivity contribution >= 4 is 0 Å². The van der Waals surface area contributed by atoms with Gasteiger partial charge in [0.1, 0.15) is 5.82 Å². The smallest absolute Gasteiger partial charge is 0.231 e. The summed E-state index contributed by atoms with van der Waals surface area (Å²) in [6, 6.07) is 11.1. The van der Waals surface area contributed by atoms with Crippen molar-refractivity contribution in [2.24, 2.45) is 0 Å². The summed E-state index contributed by atoms with van der Waals surface area (Å²) in [5.41, 5.74) is 3.52. The van der Waals surface area contributed by atoms with Crippen molar-refractivity contribution in [3.63, 3.8) is 0 Å². The zero-order valence-corrected chi connectivity index (χ0v) is 11.6. The van der Waals surface area contributed by atoms with Gasteiger partial charge in [-0.3, -0.25) is 0 Å². The Morgan fingerprint density at radius 2 is 2.00 bits per heavy atom. The minimum absolute atomic E-state index is 0.185. The number of hydrogen-bond donors (Lipinski definition) is 1. The normalized spacial score (nSPS) is 19.4. The lowest BCUT2D eigenvalue weighted by Crippen LogP contribution is -2.31. The minimum atomic E-state index is -0.186. The predicted octanol–water partition coefficient (Wildman–Crippen LogP) is 2.98. The molecule has 0 saturated heterocycles. The van der Waals surface area contributed by atoms with E-state index in [2.05, 4.69) is 17.4 Å². The molecule has 2 aliphatic heterocycles. The van der Waals surface area contributed by atoms with Gasteiger partial charge in [0.15, 0.2) is 11.5 Å². The molecule has 2 aromatic rings. The largest absolute Gasteiger partial charge is 0.454 e. The lowest BCUT2D eigenvalue weighted by Gasteiger charge is -2.27. The maximum atomic E-state index is 13.3. The number of hydrogen-bond acceptors (Lipinski definition) is 3. The molecule has 0 spiro atoms. The van der Waals surface area contributed by atoms with Crippen molar-refractivity contribution in [2.75, 3.05) is 13.3 Å². The van der Waals surface area contributed by atoms with Crippen LogP contribution >= 0.6 is 0 Å². The molecule has 108 valence electrons. The molecular formula is C17H16FNO2. The highest BCUT2D eigenvalue weighted by Gasteiger charge is 2.25. The van der Waals surface area contributed by atoms with Gasteiger partial charge in [0, 0.05) is 6.04 Å². The Morgan fingerprint density at radius 1 is 1.14 bits per heavy atom. The highest BCUT2D eigenvalue weighted by Crippen LogP contribution is 2.38. The zero-order chi connectivity index (χ0) is 14.2. The summed E-state index contributed by atoms with van der Waals surface area (Å²) < 4.78 is 24.3. The number of ether oxygens (including phenoxy) is 2. The van der Waals surface area contributed by atoms with Gasteiger partial charge in [-0.05, 0) is 60.3 Å². The number of halogens is 1. The van der Waals surface area contributed by atoms with Crippen LogP contribution in [0.3, 0.4) is 0 Å². The summed E-state index contributed by atoms with van der Waals surface area (Å²) in [6.07, 6.45) is 1.75. The van der Waals surface area contributed by atoms with Crippen molar-refractivity contribution in [1.82, 2.24) is 5.32 Å². The molecule has 21 heavy (non-hydrogen) atoms.